The van der Waals surface area contributed by atoms with Crippen molar-refractivity contribution in [2.45, 2.75) is 158 Å². The summed E-state index contributed by atoms with van der Waals surface area (Å²) in [7, 11) is 0. The number of aromatic hydroxyl groups is 1. The molecule has 0 aliphatic carbocycles. The van der Waals surface area contributed by atoms with Crippen molar-refractivity contribution in [3.63, 3.8) is 0 Å². The molecular weight excluding hydrogens is 1080 g/mol. The van der Waals surface area contributed by atoms with Gasteiger partial charge < -0.3 is 96.5 Å². The first kappa shape index (κ1) is 69.3. The number of nitrogens with one attached hydrogen (secondary N) is 8. The van der Waals surface area contributed by atoms with Crippen molar-refractivity contribution in [2.75, 3.05) is 32.8 Å². The van der Waals surface area contributed by atoms with Gasteiger partial charge in [-0.3, -0.25) is 52.9 Å². The third-order valence-electron chi connectivity index (χ3n) is 13.4. The molecule has 1 aliphatic rings. The summed E-state index contributed by atoms with van der Waals surface area (Å²) in [6.45, 7) is 4.82. The van der Waals surface area contributed by atoms with Crippen LogP contribution in [0.1, 0.15) is 90.2 Å². The third kappa shape index (κ3) is 23.4. The normalized spacial score (nSPS) is 16.6. The standard InChI is InChI=1S/C54H85N15O14/c1-29(2)24-38(44(57)74)64-45(75)30(3)61-51(81)42-16-11-23-69(42)53(83)41(28-71)67-50(80)39(25-32-12-6-5-7-13-32)66-49(79)40(26-33-17-19-34(73)20-18-33)65-47(77)37(15-10-22-60-54(58)59)63-52(82)43(31(4)72)68-48(78)36(14-8-9-21-55)62-46(76)35(56)27-70/h5-7,12-13,17-20,29-31,35-43,70-73H,8-11,14-16,21-28,55-56H2,1-4H3,(H2,57,74)(H,61,81)(H,62,76)(H,63,82)(H,64,75)(H,65,77)(H,66,79)(H,67,80)(H,68,78)(H4,58,59,60)/t30-,31+,35-,36-,37-,38-,39-,40-,41-,42-,43-/m0/s1. The Labute approximate surface area is 481 Å². The number of aliphatic hydroxyl groups excluding tert-OH is 3. The van der Waals surface area contributed by atoms with Crippen LogP contribution in [0.15, 0.2) is 59.6 Å². The Morgan fingerprint density at radius 1 is 0.614 bits per heavy atom. The van der Waals surface area contributed by atoms with E-state index in [1.165, 1.54) is 38.1 Å². The van der Waals surface area contributed by atoms with Crippen LogP contribution in [0.5, 0.6) is 5.75 Å². The first-order valence-corrected chi connectivity index (χ1v) is 27.6. The van der Waals surface area contributed by atoms with E-state index in [1.54, 1.807) is 30.3 Å². The highest BCUT2D eigenvalue weighted by atomic mass is 16.3. The lowest BCUT2D eigenvalue weighted by Crippen LogP contribution is -2.62. The maximum Gasteiger partial charge on any atom is 0.248 e. The van der Waals surface area contributed by atoms with Crippen LogP contribution in [-0.4, -0.2) is 190 Å². The second-order valence-corrected chi connectivity index (χ2v) is 20.8. The van der Waals surface area contributed by atoms with E-state index in [9.17, 15) is 68.4 Å². The zero-order chi connectivity index (χ0) is 61.9. The first-order valence-electron chi connectivity index (χ1n) is 27.6. The largest absolute Gasteiger partial charge is 0.508 e. The number of amides is 10. The summed E-state index contributed by atoms with van der Waals surface area (Å²) in [6, 6.07) is 0.00107. The third-order valence-corrected chi connectivity index (χ3v) is 13.4. The molecule has 0 radical (unpaired) electrons. The van der Waals surface area contributed by atoms with Gasteiger partial charge in [-0.15, -0.1) is 0 Å². The Kier molecular flexibility index (Phi) is 29.3. The number of phenols is 1. The van der Waals surface area contributed by atoms with Crippen LogP contribution in [0.3, 0.4) is 0 Å². The molecular formula is C54H85N15O14. The summed E-state index contributed by atoms with van der Waals surface area (Å²) in [4.78, 5) is 142. The number of unbranched alkanes of at least 4 members (excludes halogenated alkanes) is 1. The smallest absolute Gasteiger partial charge is 0.248 e. The van der Waals surface area contributed by atoms with Gasteiger partial charge in [-0.05, 0) is 101 Å². The van der Waals surface area contributed by atoms with Gasteiger partial charge in [0.25, 0.3) is 0 Å². The van der Waals surface area contributed by atoms with E-state index in [4.69, 9.17) is 28.7 Å². The number of nitrogens with two attached hydrogens (primary N) is 5. The van der Waals surface area contributed by atoms with Gasteiger partial charge in [0.05, 0.1) is 19.3 Å². The van der Waals surface area contributed by atoms with Gasteiger partial charge >= 0.3 is 0 Å². The average molecular weight is 1170 g/mol. The maximum absolute atomic E-state index is 14.7. The monoisotopic (exact) mass is 1170 g/mol. The number of aliphatic imine (C=N–C) groups is 1. The number of carbonyl (C=O) groups excluding carboxylic acids is 10. The predicted molar refractivity (Wildman–Crippen MR) is 303 cm³/mol. The highest BCUT2D eigenvalue weighted by Gasteiger charge is 2.40. The number of phenolic OH excluding ortho intramolecular Hbond substituents is 1. The molecule has 0 saturated carbocycles. The minimum absolute atomic E-state index is 0.00756. The van der Waals surface area contributed by atoms with Crippen LogP contribution in [0.25, 0.3) is 0 Å². The lowest BCUT2D eigenvalue weighted by atomic mass is 10.0. The number of guanidine groups is 1. The summed E-state index contributed by atoms with van der Waals surface area (Å²) in [5.74, 6) is -9.16. The SMILES string of the molecule is CC(C)C[C@H](NC(=O)[C@H](C)NC(=O)[C@@H]1CCCN1C(=O)[C@H](CO)NC(=O)[C@H](Cc1ccccc1)NC(=O)[C@H](Cc1ccc(O)cc1)NC(=O)[C@H](CCCN=C(N)N)NC(=O)[C@@H](NC(=O)[C@H](CCCCN)NC(=O)[C@@H](N)CO)[C@@H](C)O)C(N)=O. The molecule has 83 heavy (non-hydrogen) atoms. The topological polar surface area (TPSA) is 494 Å². The van der Waals surface area contributed by atoms with Crippen LogP contribution in [0, 0.1) is 5.92 Å². The number of primary amides is 1. The first-order chi connectivity index (χ1) is 39.3. The van der Waals surface area contributed by atoms with E-state index in [1.807, 2.05) is 13.8 Å². The molecule has 29 nitrogen and oxygen atoms in total. The van der Waals surface area contributed by atoms with E-state index < -0.39 is 139 Å². The molecule has 29 heteroatoms. The molecule has 10 amide bonds. The van der Waals surface area contributed by atoms with Gasteiger partial charge in [-0.1, -0.05) is 56.3 Å². The lowest BCUT2D eigenvalue weighted by molar-refractivity contribution is -0.143. The van der Waals surface area contributed by atoms with E-state index in [0.29, 0.717) is 30.4 Å². The second kappa shape index (κ2) is 35.1. The van der Waals surface area contributed by atoms with E-state index in [-0.39, 0.29) is 82.2 Å². The van der Waals surface area contributed by atoms with Crippen molar-refractivity contribution < 1.29 is 68.4 Å². The van der Waals surface area contributed by atoms with Crippen LogP contribution < -0.4 is 71.2 Å². The van der Waals surface area contributed by atoms with Crippen LogP contribution in [0.2, 0.25) is 0 Å². The van der Waals surface area contributed by atoms with E-state index in [0.717, 1.165) is 4.90 Å². The van der Waals surface area contributed by atoms with Crippen LogP contribution in [0.4, 0.5) is 0 Å². The number of hydrogen-bond acceptors (Lipinski definition) is 17. The van der Waals surface area contributed by atoms with Crippen molar-refractivity contribution in [3.8, 4) is 5.75 Å². The van der Waals surface area contributed by atoms with Crippen molar-refractivity contribution in [1.29, 1.82) is 0 Å². The molecule has 22 N–H and O–H groups in total. The Balaban J connectivity index is 1.95. The molecule has 11 atom stereocenters. The molecule has 460 valence electrons. The molecule has 3 rings (SSSR count). The quantitative estimate of drug-likeness (QED) is 0.0174. The molecule has 1 heterocycles. The Bertz CT molecular complexity index is 2520. The van der Waals surface area contributed by atoms with Gasteiger partial charge in [-0.2, -0.15) is 0 Å². The van der Waals surface area contributed by atoms with Crippen molar-refractivity contribution in [2.24, 2.45) is 39.6 Å². The molecule has 0 spiro atoms. The predicted octanol–water partition coefficient (Wildman–Crippen LogP) is -5.53. The number of hydrogen-bond donors (Lipinski definition) is 17. The van der Waals surface area contributed by atoms with Crippen LogP contribution in [-0.2, 0) is 60.8 Å². The molecule has 1 fully saturated rings. The molecule has 0 unspecified atom stereocenters. The molecule has 2 aromatic rings. The number of carbonyl (C=O) groups is 10. The lowest BCUT2D eigenvalue weighted by Gasteiger charge is -2.30. The van der Waals surface area contributed by atoms with Gasteiger partial charge in [0.15, 0.2) is 5.96 Å². The fraction of sp³-hybridized carbons (Fsp3) is 0.574. The van der Waals surface area contributed by atoms with E-state index >= 15 is 0 Å². The minimum atomic E-state index is -1.74. The Hall–Kier alpha value is -7.99. The maximum atomic E-state index is 14.7. The summed E-state index contributed by atoms with van der Waals surface area (Å²) in [5, 5.41) is 61.2. The van der Waals surface area contributed by atoms with Crippen LogP contribution >= 0.6 is 0 Å². The van der Waals surface area contributed by atoms with Crippen molar-refractivity contribution in [1.82, 2.24) is 47.4 Å². The highest BCUT2D eigenvalue weighted by molar-refractivity contribution is 5.99. The number of aliphatic hydroxyl groups is 3. The zero-order valence-electron chi connectivity index (χ0n) is 47.4. The molecule has 2 aromatic carbocycles. The van der Waals surface area contributed by atoms with Gasteiger partial charge in [0, 0.05) is 25.9 Å². The molecule has 1 saturated heterocycles. The summed E-state index contributed by atoms with van der Waals surface area (Å²) < 4.78 is 0. The van der Waals surface area contributed by atoms with Gasteiger partial charge in [-0.25, -0.2) is 0 Å². The number of rotatable bonds is 35. The highest BCUT2D eigenvalue weighted by Crippen LogP contribution is 2.20. The fourth-order valence-electron chi connectivity index (χ4n) is 8.85. The summed E-state index contributed by atoms with van der Waals surface area (Å²) in [5.41, 5.74) is 28.7. The summed E-state index contributed by atoms with van der Waals surface area (Å²) >= 11 is 0. The van der Waals surface area contributed by atoms with E-state index in [2.05, 4.69) is 47.5 Å². The fourth-order valence-corrected chi connectivity index (χ4v) is 8.85. The molecule has 1 aliphatic heterocycles. The number of nitrogens with zero attached hydrogens (tertiary/aromatic N) is 2. The van der Waals surface area contributed by atoms with Gasteiger partial charge in [0.1, 0.15) is 66.2 Å². The second-order valence-electron chi connectivity index (χ2n) is 20.8. The van der Waals surface area contributed by atoms with Crippen molar-refractivity contribution in [3.05, 3.63) is 65.7 Å². The summed E-state index contributed by atoms with van der Waals surface area (Å²) in [6.07, 6.45) is -0.639. The molecule has 0 aromatic heterocycles. The minimum Gasteiger partial charge on any atom is -0.508 e. The molecule has 0 bridgehead atoms. The Morgan fingerprint density at radius 2 is 1.13 bits per heavy atom. The Morgan fingerprint density at radius 3 is 1.66 bits per heavy atom. The number of likely N-dealkylation sites (tertiary alicyclic amines) is 1. The van der Waals surface area contributed by atoms with Crippen molar-refractivity contribution >= 4 is 65.0 Å². The van der Waals surface area contributed by atoms with Gasteiger partial charge in [0.2, 0.25) is 59.1 Å². The average Bonchev–Trinajstić information content (AvgIpc) is 4.11. The number of benzene rings is 2. The zero-order valence-corrected chi connectivity index (χ0v) is 47.4.